The van der Waals surface area contributed by atoms with Crippen molar-refractivity contribution in [3.05, 3.63) is 137 Å². The molecule has 1 spiro atoms. The fourth-order valence-corrected chi connectivity index (χ4v) is 6.72. The van der Waals surface area contributed by atoms with E-state index in [0.29, 0.717) is 0 Å². The second-order valence-electron chi connectivity index (χ2n) is 9.42. The molecule has 0 radical (unpaired) electrons. The first-order chi connectivity index (χ1) is 16.3. The van der Waals surface area contributed by atoms with Crippen LogP contribution in [0.3, 0.4) is 0 Å². The third-order valence-corrected chi connectivity index (χ3v) is 7.82. The van der Waals surface area contributed by atoms with Gasteiger partial charge in [0.15, 0.2) is 0 Å². The summed E-state index contributed by atoms with van der Waals surface area (Å²) in [7, 11) is 0. The number of aromatic nitrogens is 1. The van der Waals surface area contributed by atoms with E-state index >= 15 is 0 Å². The molecule has 0 saturated carbocycles. The summed E-state index contributed by atoms with van der Waals surface area (Å²) in [4.78, 5) is 0. The maximum atomic E-state index is 2.50. The van der Waals surface area contributed by atoms with Crippen LogP contribution in [0, 0.1) is 6.92 Å². The van der Waals surface area contributed by atoms with E-state index in [9.17, 15) is 0 Å². The average Bonchev–Trinajstić information content (AvgIpc) is 3.35. The van der Waals surface area contributed by atoms with Crippen molar-refractivity contribution in [1.29, 1.82) is 0 Å². The molecule has 1 nitrogen and oxygen atoms in total. The van der Waals surface area contributed by atoms with Gasteiger partial charge in [-0.25, -0.2) is 0 Å². The molecule has 0 amide bonds. The van der Waals surface area contributed by atoms with Gasteiger partial charge in [0.25, 0.3) is 0 Å². The van der Waals surface area contributed by atoms with E-state index in [1.54, 1.807) is 0 Å². The second kappa shape index (κ2) is 5.82. The molecule has 0 atom stereocenters. The van der Waals surface area contributed by atoms with E-state index in [-0.39, 0.29) is 5.41 Å². The Balaban J connectivity index is 1.72. The lowest BCUT2D eigenvalue weighted by molar-refractivity contribution is 0.747. The summed E-state index contributed by atoms with van der Waals surface area (Å²) in [6.45, 7) is 2.24. The van der Waals surface area contributed by atoms with Gasteiger partial charge in [-0.3, -0.25) is 0 Å². The molecule has 1 aliphatic heterocycles. The number of benzene rings is 5. The molecule has 0 N–H and O–H groups in total. The molecule has 8 rings (SSSR count). The monoisotopic (exact) mass is 419 g/mol. The molecule has 0 bridgehead atoms. The van der Waals surface area contributed by atoms with Gasteiger partial charge in [-0.15, -0.1) is 0 Å². The normalized spacial score (nSPS) is 14.5. The van der Waals surface area contributed by atoms with Crippen LogP contribution in [0.4, 0.5) is 0 Å². The van der Waals surface area contributed by atoms with Gasteiger partial charge < -0.3 is 4.57 Å². The highest BCUT2D eigenvalue weighted by Crippen LogP contribution is 2.60. The van der Waals surface area contributed by atoms with Crippen LogP contribution in [-0.2, 0) is 5.41 Å². The number of nitrogens with zero attached hydrogens (tertiary/aromatic N) is 1. The first-order valence-electron chi connectivity index (χ1n) is 11.6. The lowest BCUT2D eigenvalue weighted by Gasteiger charge is -2.39. The Bertz CT molecular complexity index is 1740. The Kier molecular flexibility index (Phi) is 3.08. The molecular weight excluding hydrogens is 398 g/mol. The minimum Gasteiger partial charge on any atom is -0.309 e. The Morgan fingerprint density at radius 3 is 1.91 bits per heavy atom. The smallest absolute Gasteiger partial charge is 0.0754 e. The van der Waals surface area contributed by atoms with Gasteiger partial charge in [0.2, 0.25) is 0 Å². The number of fused-ring (bicyclic) bond motifs is 12. The average molecular weight is 420 g/mol. The third-order valence-electron chi connectivity index (χ3n) is 7.82. The van der Waals surface area contributed by atoms with E-state index in [1.165, 1.54) is 66.4 Å². The van der Waals surface area contributed by atoms with Crippen molar-refractivity contribution in [2.45, 2.75) is 12.3 Å². The van der Waals surface area contributed by atoms with Crippen molar-refractivity contribution in [2.75, 3.05) is 0 Å². The van der Waals surface area contributed by atoms with Gasteiger partial charge in [-0.1, -0.05) is 96.6 Å². The van der Waals surface area contributed by atoms with Gasteiger partial charge in [-0.05, 0) is 58.5 Å². The van der Waals surface area contributed by atoms with Crippen LogP contribution in [0.5, 0.6) is 0 Å². The van der Waals surface area contributed by atoms with Crippen LogP contribution in [0.1, 0.15) is 27.8 Å². The van der Waals surface area contributed by atoms with Crippen molar-refractivity contribution in [3.8, 4) is 16.8 Å². The number of hydrogen-bond acceptors (Lipinski definition) is 0. The highest BCUT2D eigenvalue weighted by molar-refractivity contribution is 6.13. The highest BCUT2D eigenvalue weighted by Gasteiger charge is 2.50. The summed E-state index contributed by atoms with van der Waals surface area (Å²) in [5.74, 6) is 0. The summed E-state index contributed by atoms with van der Waals surface area (Å²) in [5.41, 5.74) is 13.1. The number of aryl methyl sites for hydroxylation is 1. The first kappa shape index (κ1) is 17.5. The molecule has 1 aromatic heterocycles. The molecule has 5 aromatic carbocycles. The van der Waals surface area contributed by atoms with Crippen molar-refractivity contribution in [1.82, 2.24) is 4.57 Å². The lowest BCUT2D eigenvalue weighted by atomic mass is 9.65. The van der Waals surface area contributed by atoms with Crippen LogP contribution in [0.15, 0.2) is 109 Å². The quantitative estimate of drug-likeness (QED) is 0.237. The van der Waals surface area contributed by atoms with Gasteiger partial charge >= 0.3 is 0 Å². The zero-order valence-corrected chi connectivity index (χ0v) is 18.3. The molecular formula is C32H21N. The minimum atomic E-state index is -0.321. The topological polar surface area (TPSA) is 4.93 Å². The standard InChI is InChI=1S/C32H21N/c1-20-18-24-23-12-4-8-16-29(23)33-30-17-9-7-15-27(30)32(28(19-20)31(24)33)25-13-5-2-10-21(25)22-11-3-6-14-26(22)32/h2-19H,1H3. The van der Waals surface area contributed by atoms with E-state index < -0.39 is 0 Å². The SMILES string of the molecule is Cc1cc2c3c(c1)c1ccccc1n3-c1ccccc1C21c2ccccc2-c2ccccc21. The maximum Gasteiger partial charge on any atom is 0.0754 e. The molecule has 154 valence electrons. The van der Waals surface area contributed by atoms with E-state index in [2.05, 4.69) is 121 Å². The molecule has 0 unspecified atom stereocenters. The minimum absolute atomic E-state index is 0.321. The zero-order chi connectivity index (χ0) is 21.7. The fraction of sp³-hybridized carbons (Fsp3) is 0.0625. The van der Waals surface area contributed by atoms with Crippen LogP contribution in [0.2, 0.25) is 0 Å². The molecule has 2 aliphatic rings. The second-order valence-corrected chi connectivity index (χ2v) is 9.42. The highest BCUT2D eigenvalue weighted by atomic mass is 15.0. The predicted octanol–water partition coefficient (Wildman–Crippen LogP) is 7.77. The molecule has 1 aliphatic carbocycles. The molecule has 2 heterocycles. The van der Waals surface area contributed by atoms with Crippen molar-refractivity contribution >= 4 is 21.8 Å². The summed E-state index contributed by atoms with van der Waals surface area (Å²) in [6.07, 6.45) is 0. The molecule has 33 heavy (non-hydrogen) atoms. The number of para-hydroxylation sites is 2. The van der Waals surface area contributed by atoms with Crippen LogP contribution >= 0.6 is 0 Å². The number of rotatable bonds is 0. The summed E-state index contributed by atoms with van der Waals surface area (Å²) in [5, 5.41) is 2.67. The van der Waals surface area contributed by atoms with Gasteiger partial charge in [-0.2, -0.15) is 0 Å². The molecule has 0 fully saturated rings. The Morgan fingerprint density at radius 1 is 0.545 bits per heavy atom. The summed E-state index contributed by atoms with van der Waals surface area (Å²) < 4.78 is 2.50. The first-order valence-corrected chi connectivity index (χ1v) is 11.6. The van der Waals surface area contributed by atoms with Crippen LogP contribution in [0.25, 0.3) is 38.6 Å². The Morgan fingerprint density at radius 2 is 1.15 bits per heavy atom. The predicted molar refractivity (Wildman–Crippen MR) is 136 cm³/mol. The van der Waals surface area contributed by atoms with E-state index in [4.69, 9.17) is 0 Å². The van der Waals surface area contributed by atoms with Gasteiger partial charge in [0, 0.05) is 10.8 Å². The van der Waals surface area contributed by atoms with E-state index in [1.807, 2.05) is 0 Å². The number of hydrogen-bond donors (Lipinski definition) is 0. The van der Waals surface area contributed by atoms with Crippen LogP contribution in [-0.4, -0.2) is 4.57 Å². The van der Waals surface area contributed by atoms with Crippen molar-refractivity contribution in [3.63, 3.8) is 0 Å². The molecule has 6 aromatic rings. The van der Waals surface area contributed by atoms with Crippen molar-refractivity contribution < 1.29 is 0 Å². The largest absolute Gasteiger partial charge is 0.309 e. The van der Waals surface area contributed by atoms with Crippen molar-refractivity contribution in [2.24, 2.45) is 0 Å². The van der Waals surface area contributed by atoms with Crippen LogP contribution < -0.4 is 0 Å². The zero-order valence-electron chi connectivity index (χ0n) is 18.3. The fourth-order valence-electron chi connectivity index (χ4n) is 6.72. The van der Waals surface area contributed by atoms with E-state index in [0.717, 1.165) is 0 Å². The molecule has 0 saturated heterocycles. The van der Waals surface area contributed by atoms with Gasteiger partial charge in [0.05, 0.1) is 22.1 Å². The maximum absolute atomic E-state index is 2.50. The summed E-state index contributed by atoms with van der Waals surface area (Å²) >= 11 is 0. The Hall–Kier alpha value is -4.10. The Labute approximate surface area is 192 Å². The van der Waals surface area contributed by atoms with Gasteiger partial charge in [0.1, 0.15) is 0 Å². The summed E-state index contributed by atoms with van der Waals surface area (Å²) in [6, 6.07) is 40.7. The third kappa shape index (κ3) is 1.88. The lowest BCUT2D eigenvalue weighted by Crippen LogP contribution is -2.33. The molecule has 1 heteroatoms.